The Morgan fingerprint density at radius 1 is 1.05 bits per heavy atom. The summed E-state index contributed by atoms with van der Waals surface area (Å²) in [5, 5.41) is 4.87. The summed E-state index contributed by atoms with van der Waals surface area (Å²) in [6.07, 6.45) is -10.6. The number of ether oxygens (including phenoxy) is 1. The third-order valence-corrected chi connectivity index (χ3v) is 5.69. The molecule has 1 unspecified atom stereocenters. The van der Waals surface area contributed by atoms with Crippen molar-refractivity contribution in [2.24, 2.45) is 0 Å². The molecule has 1 atom stereocenters. The second-order valence-electron chi connectivity index (χ2n) is 9.85. The summed E-state index contributed by atoms with van der Waals surface area (Å²) in [5.41, 5.74) is -1.46. The summed E-state index contributed by atoms with van der Waals surface area (Å²) in [6.45, 7) is 8.69. The molecule has 1 aromatic carbocycles. The lowest BCUT2D eigenvalue weighted by atomic mass is 10.0. The number of hydrogen-bond acceptors (Lipinski definition) is 4. The van der Waals surface area contributed by atoms with Gasteiger partial charge in [-0.25, -0.2) is 9.78 Å². The van der Waals surface area contributed by atoms with Crippen molar-refractivity contribution in [2.45, 2.75) is 71.7 Å². The minimum absolute atomic E-state index is 0.0498. The number of pyridine rings is 1. The minimum Gasteiger partial charge on any atom is -0.444 e. The summed E-state index contributed by atoms with van der Waals surface area (Å²) < 4.78 is 87.6. The standard InChI is InChI=1S/C26H28F6N4O3/c1-6-36-19(12-16-10-17(14(2)34-21(16)36)13-33-23(38)39-24(3,4)5)22(37)35-20(26(30,31)32)15-8-7-9-18(11-15)25(27,28)29/h7-12,20H,6,13H2,1-5H3,(H,33,38)(H,35,37). The van der Waals surface area contributed by atoms with Crippen molar-refractivity contribution in [1.29, 1.82) is 0 Å². The first-order chi connectivity index (χ1) is 17.9. The molecule has 3 rings (SSSR count). The largest absolute Gasteiger partial charge is 0.444 e. The number of alkyl carbamates (subject to hydrolysis) is 1. The number of rotatable bonds is 6. The predicted octanol–water partition coefficient (Wildman–Crippen LogP) is 6.44. The Hall–Kier alpha value is -3.77. The number of aryl methyl sites for hydroxylation is 2. The summed E-state index contributed by atoms with van der Waals surface area (Å²) in [7, 11) is 0. The fraction of sp³-hybridized carbons (Fsp3) is 0.423. The van der Waals surface area contributed by atoms with E-state index >= 15 is 0 Å². The van der Waals surface area contributed by atoms with Crippen LogP contribution in [0.3, 0.4) is 0 Å². The first-order valence-corrected chi connectivity index (χ1v) is 11.9. The van der Waals surface area contributed by atoms with Crippen molar-refractivity contribution in [3.05, 3.63) is 64.5 Å². The fourth-order valence-corrected chi connectivity index (χ4v) is 3.94. The third kappa shape index (κ3) is 7.21. The molecule has 7 nitrogen and oxygen atoms in total. The molecule has 13 heteroatoms. The maximum atomic E-state index is 13.9. The molecule has 2 heterocycles. The van der Waals surface area contributed by atoms with E-state index in [1.807, 2.05) is 5.32 Å². The van der Waals surface area contributed by atoms with Crippen molar-refractivity contribution < 1.29 is 40.7 Å². The van der Waals surface area contributed by atoms with Crippen LogP contribution in [0.1, 0.15) is 66.6 Å². The Morgan fingerprint density at radius 2 is 1.72 bits per heavy atom. The summed E-state index contributed by atoms with van der Waals surface area (Å²) in [4.78, 5) is 29.6. The number of hydrogen-bond donors (Lipinski definition) is 2. The van der Waals surface area contributed by atoms with Gasteiger partial charge in [0.1, 0.15) is 16.9 Å². The van der Waals surface area contributed by atoms with Gasteiger partial charge in [0.2, 0.25) is 0 Å². The highest BCUT2D eigenvalue weighted by Gasteiger charge is 2.43. The van der Waals surface area contributed by atoms with E-state index in [0.29, 0.717) is 34.4 Å². The minimum atomic E-state index is -5.07. The number of carbonyl (C=O) groups is 2. The highest BCUT2D eigenvalue weighted by molar-refractivity contribution is 5.98. The Morgan fingerprint density at radius 3 is 2.28 bits per heavy atom. The van der Waals surface area contributed by atoms with E-state index in [4.69, 9.17) is 4.74 Å². The van der Waals surface area contributed by atoms with Gasteiger partial charge in [0.25, 0.3) is 5.91 Å². The molecule has 0 aliphatic rings. The normalized spacial score (nSPS) is 13.3. The van der Waals surface area contributed by atoms with Gasteiger partial charge in [0.05, 0.1) is 5.56 Å². The third-order valence-electron chi connectivity index (χ3n) is 5.69. The van der Waals surface area contributed by atoms with Crippen LogP contribution < -0.4 is 10.6 Å². The topological polar surface area (TPSA) is 85.2 Å². The average molecular weight is 559 g/mol. The Labute approximate surface area is 220 Å². The molecule has 0 aliphatic heterocycles. The molecule has 2 aromatic heterocycles. The maximum Gasteiger partial charge on any atom is 0.416 e. The molecule has 0 aliphatic carbocycles. The Kier molecular flexibility index (Phi) is 8.23. The maximum absolute atomic E-state index is 13.9. The smallest absolute Gasteiger partial charge is 0.416 e. The second-order valence-corrected chi connectivity index (χ2v) is 9.85. The number of nitrogens with one attached hydrogen (secondary N) is 2. The van der Waals surface area contributed by atoms with Crippen LogP contribution in [0.25, 0.3) is 11.0 Å². The van der Waals surface area contributed by atoms with Gasteiger partial charge in [-0.05, 0) is 70.0 Å². The van der Waals surface area contributed by atoms with Crippen LogP contribution >= 0.6 is 0 Å². The SMILES string of the molecule is CCn1c(C(=O)NC(c2cccc(C(F)(F)F)c2)C(F)(F)F)cc2cc(CNC(=O)OC(C)(C)C)c(C)nc21. The van der Waals surface area contributed by atoms with E-state index in [1.54, 1.807) is 40.7 Å². The highest BCUT2D eigenvalue weighted by Crippen LogP contribution is 2.36. The van der Waals surface area contributed by atoms with E-state index < -0.39 is 47.1 Å². The van der Waals surface area contributed by atoms with Crippen molar-refractivity contribution in [3.63, 3.8) is 0 Å². The molecule has 212 valence electrons. The number of nitrogens with zero attached hydrogens (tertiary/aromatic N) is 2. The molecule has 2 amide bonds. The number of benzene rings is 1. The van der Waals surface area contributed by atoms with Crippen molar-refractivity contribution in [1.82, 2.24) is 20.2 Å². The van der Waals surface area contributed by atoms with Crippen LogP contribution in [-0.4, -0.2) is 33.3 Å². The van der Waals surface area contributed by atoms with Gasteiger partial charge in [0, 0.05) is 24.2 Å². The quantitative estimate of drug-likeness (QED) is 0.341. The number of aromatic nitrogens is 2. The van der Waals surface area contributed by atoms with Crippen LogP contribution in [0, 0.1) is 6.92 Å². The molecular weight excluding hydrogens is 530 g/mol. The van der Waals surface area contributed by atoms with Crippen molar-refractivity contribution >= 4 is 23.0 Å². The highest BCUT2D eigenvalue weighted by atomic mass is 19.4. The zero-order valence-electron chi connectivity index (χ0n) is 21.8. The monoisotopic (exact) mass is 558 g/mol. The molecule has 0 spiro atoms. The number of amides is 2. The van der Waals surface area contributed by atoms with Gasteiger partial charge in [-0.3, -0.25) is 4.79 Å². The van der Waals surface area contributed by atoms with Gasteiger partial charge >= 0.3 is 18.4 Å². The summed E-state index contributed by atoms with van der Waals surface area (Å²) in [5.74, 6) is -1.14. The number of fused-ring (bicyclic) bond motifs is 1. The van der Waals surface area contributed by atoms with Crippen molar-refractivity contribution in [3.8, 4) is 0 Å². The fourth-order valence-electron chi connectivity index (χ4n) is 3.94. The van der Waals surface area contributed by atoms with Crippen LogP contribution in [-0.2, 0) is 24.0 Å². The molecule has 0 saturated heterocycles. The Balaban J connectivity index is 1.93. The zero-order chi connectivity index (χ0) is 29.3. The lowest BCUT2D eigenvalue weighted by Crippen LogP contribution is -2.39. The van der Waals surface area contributed by atoms with Gasteiger partial charge < -0.3 is 19.9 Å². The van der Waals surface area contributed by atoms with E-state index in [9.17, 15) is 35.9 Å². The summed E-state index contributed by atoms with van der Waals surface area (Å²) in [6, 6.07) is 3.05. The molecular formula is C26H28F6N4O3. The van der Waals surface area contributed by atoms with E-state index in [-0.39, 0.29) is 18.8 Å². The van der Waals surface area contributed by atoms with Crippen LogP contribution in [0.5, 0.6) is 0 Å². The Bertz CT molecular complexity index is 1370. The van der Waals surface area contributed by atoms with Gasteiger partial charge in [0.15, 0.2) is 6.04 Å². The molecule has 0 fully saturated rings. The van der Waals surface area contributed by atoms with Gasteiger partial charge in [-0.15, -0.1) is 0 Å². The lowest BCUT2D eigenvalue weighted by molar-refractivity contribution is -0.156. The second kappa shape index (κ2) is 10.8. The predicted molar refractivity (Wildman–Crippen MR) is 131 cm³/mol. The first kappa shape index (κ1) is 29.8. The van der Waals surface area contributed by atoms with Gasteiger partial charge in [-0.1, -0.05) is 12.1 Å². The van der Waals surface area contributed by atoms with Gasteiger partial charge in [-0.2, -0.15) is 26.3 Å². The van der Waals surface area contributed by atoms with Crippen LogP contribution in [0.4, 0.5) is 31.1 Å². The van der Waals surface area contributed by atoms with E-state index in [0.717, 1.165) is 12.1 Å². The van der Waals surface area contributed by atoms with Crippen LogP contribution in [0.2, 0.25) is 0 Å². The molecule has 0 radical (unpaired) electrons. The zero-order valence-corrected chi connectivity index (χ0v) is 21.8. The van der Waals surface area contributed by atoms with Crippen molar-refractivity contribution in [2.75, 3.05) is 0 Å². The molecule has 3 aromatic rings. The van der Waals surface area contributed by atoms with Crippen LogP contribution in [0.15, 0.2) is 36.4 Å². The number of alkyl halides is 6. The average Bonchev–Trinajstić information content (AvgIpc) is 3.15. The molecule has 2 N–H and O–H groups in total. The lowest BCUT2D eigenvalue weighted by Gasteiger charge is -2.23. The van der Waals surface area contributed by atoms with E-state index in [2.05, 4.69) is 10.3 Å². The molecule has 0 saturated carbocycles. The first-order valence-electron chi connectivity index (χ1n) is 11.9. The van der Waals surface area contributed by atoms with E-state index in [1.165, 1.54) is 10.6 Å². The summed E-state index contributed by atoms with van der Waals surface area (Å²) >= 11 is 0. The number of halogens is 6. The number of carbonyl (C=O) groups excluding carboxylic acids is 2. The molecule has 39 heavy (non-hydrogen) atoms. The molecule has 0 bridgehead atoms.